The monoisotopic (exact) mass is 259 g/mol. The molecule has 1 aromatic heterocycles. The van der Waals surface area contributed by atoms with E-state index in [1.54, 1.807) is 6.08 Å². The van der Waals surface area contributed by atoms with Gasteiger partial charge >= 0.3 is 6.18 Å². The number of aromatic nitrogens is 1. The first-order chi connectivity index (χ1) is 8.00. The molecule has 0 radical (unpaired) electrons. The number of allylic oxidation sites excluding steroid dienone is 4. The lowest BCUT2D eigenvalue weighted by atomic mass is 9.96. The van der Waals surface area contributed by atoms with Gasteiger partial charge in [0.05, 0.1) is 11.6 Å². The molecular formula is C12H12F3NS. The summed E-state index contributed by atoms with van der Waals surface area (Å²) in [5.41, 5.74) is 1.78. The molecule has 0 aliphatic heterocycles. The van der Waals surface area contributed by atoms with Gasteiger partial charge in [-0.2, -0.15) is 13.2 Å². The first-order valence-corrected chi connectivity index (χ1v) is 6.28. The van der Waals surface area contributed by atoms with Crippen LogP contribution in [-0.4, -0.2) is 11.2 Å². The summed E-state index contributed by atoms with van der Waals surface area (Å²) in [4.78, 5) is 4.36. The Bertz CT molecular complexity index is 457. The highest BCUT2D eigenvalue weighted by molar-refractivity contribution is 7.10. The first kappa shape index (κ1) is 12.4. The second kappa shape index (κ2) is 4.64. The fraction of sp³-hybridized carbons (Fsp3) is 0.417. The molecule has 5 heteroatoms. The molecule has 1 unspecified atom stereocenters. The van der Waals surface area contributed by atoms with Crippen molar-refractivity contribution in [2.24, 2.45) is 5.92 Å². The number of aryl methyl sites for hydroxylation is 1. The summed E-state index contributed by atoms with van der Waals surface area (Å²) in [6.07, 6.45) is 1.09. The summed E-state index contributed by atoms with van der Waals surface area (Å²) >= 11 is 1.48. The van der Waals surface area contributed by atoms with Crippen LogP contribution in [0.15, 0.2) is 23.6 Å². The Morgan fingerprint density at radius 1 is 1.47 bits per heavy atom. The standard InChI is InChI=1S/C12H12F3NS/c1-2-10-7-17-11(16-10)8-3-5-9(6-4-8)12(13,14)15/h3-5,7,9H,2,6H2,1H3. The molecule has 0 aromatic carbocycles. The highest BCUT2D eigenvalue weighted by atomic mass is 32.1. The maximum absolute atomic E-state index is 12.4. The molecular weight excluding hydrogens is 247 g/mol. The molecule has 0 spiro atoms. The van der Waals surface area contributed by atoms with Crippen LogP contribution in [0, 0.1) is 5.92 Å². The largest absolute Gasteiger partial charge is 0.395 e. The summed E-state index contributed by atoms with van der Waals surface area (Å²) in [6, 6.07) is 0. The Balaban J connectivity index is 2.12. The quantitative estimate of drug-likeness (QED) is 0.774. The van der Waals surface area contributed by atoms with Crippen molar-refractivity contribution >= 4 is 16.9 Å². The third kappa shape index (κ3) is 2.77. The van der Waals surface area contributed by atoms with Crippen molar-refractivity contribution in [1.29, 1.82) is 0 Å². The van der Waals surface area contributed by atoms with Gasteiger partial charge in [0, 0.05) is 11.0 Å². The van der Waals surface area contributed by atoms with Crippen LogP contribution in [0.5, 0.6) is 0 Å². The zero-order valence-electron chi connectivity index (χ0n) is 9.29. The minimum absolute atomic E-state index is 0.0103. The number of halogens is 3. The predicted octanol–water partition coefficient (Wildman–Crippen LogP) is 4.23. The Hall–Kier alpha value is -1.10. The van der Waals surface area contributed by atoms with E-state index in [2.05, 4.69) is 4.98 Å². The van der Waals surface area contributed by atoms with Crippen molar-refractivity contribution in [2.75, 3.05) is 0 Å². The van der Waals surface area contributed by atoms with E-state index in [0.717, 1.165) is 22.7 Å². The number of alkyl halides is 3. The predicted molar refractivity (Wildman–Crippen MR) is 62.8 cm³/mol. The van der Waals surface area contributed by atoms with Crippen molar-refractivity contribution in [2.45, 2.75) is 25.9 Å². The van der Waals surface area contributed by atoms with E-state index in [1.807, 2.05) is 12.3 Å². The zero-order valence-corrected chi connectivity index (χ0v) is 10.1. The second-order valence-electron chi connectivity index (χ2n) is 3.90. The van der Waals surface area contributed by atoms with Crippen LogP contribution in [0.25, 0.3) is 5.57 Å². The van der Waals surface area contributed by atoms with Crippen molar-refractivity contribution in [3.63, 3.8) is 0 Å². The number of thiazole rings is 1. The Labute approximate surface area is 102 Å². The van der Waals surface area contributed by atoms with Gasteiger partial charge < -0.3 is 0 Å². The molecule has 0 N–H and O–H groups in total. The summed E-state index contributed by atoms with van der Waals surface area (Å²) in [6.45, 7) is 2.00. The van der Waals surface area contributed by atoms with Gasteiger partial charge in [-0.3, -0.25) is 0 Å². The maximum atomic E-state index is 12.4. The van der Waals surface area contributed by atoms with Gasteiger partial charge in [0.25, 0.3) is 0 Å². The molecule has 17 heavy (non-hydrogen) atoms. The number of hydrogen-bond donors (Lipinski definition) is 0. The highest BCUT2D eigenvalue weighted by Gasteiger charge is 2.37. The van der Waals surface area contributed by atoms with Crippen molar-refractivity contribution < 1.29 is 13.2 Å². The summed E-state index contributed by atoms with van der Waals surface area (Å²) in [5, 5.41) is 2.75. The molecule has 0 bridgehead atoms. The molecule has 1 aliphatic carbocycles. The molecule has 1 aromatic rings. The van der Waals surface area contributed by atoms with Crippen LogP contribution in [0.2, 0.25) is 0 Å². The van der Waals surface area contributed by atoms with Gasteiger partial charge in [-0.15, -0.1) is 11.3 Å². The molecule has 1 atom stereocenters. The van der Waals surface area contributed by atoms with Crippen molar-refractivity contribution in [1.82, 2.24) is 4.98 Å². The average molecular weight is 259 g/mol. The summed E-state index contributed by atoms with van der Waals surface area (Å²) in [7, 11) is 0. The van der Waals surface area contributed by atoms with Crippen LogP contribution in [-0.2, 0) is 6.42 Å². The molecule has 2 rings (SSSR count). The van der Waals surface area contributed by atoms with E-state index in [1.165, 1.54) is 23.5 Å². The third-order valence-corrected chi connectivity index (χ3v) is 3.62. The van der Waals surface area contributed by atoms with Crippen LogP contribution in [0.1, 0.15) is 24.0 Å². The SMILES string of the molecule is CCc1csc(C2=CCC(C(F)(F)F)C=C2)n1. The lowest BCUT2D eigenvalue weighted by molar-refractivity contribution is -0.160. The van der Waals surface area contributed by atoms with Gasteiger partial charge in [-0.25, -0.2) is 4.98 Å². The number of nitrogens with zero attached hydrogens (tertiary/aromatic N) is 1. The molecule has 1 heterocycles. The lowest BCUT2D eigenvalue weighted by Gasteiger charge is -2.18. The van der Waals surface area contributed by atoms with Gasteiger partial charge in [0.15, 0.2) is 0 Å². The van der Waals surface area contributed by atoms with Gasteiger partial charge in [-0.1, -0.05) is 25.2 Å². The van der Waals surface area contributed by atoms with Gasteiger partial charge in [-0.05, 0) is 12.8 Å². The summed E-state index contributed by atoms with van der Waals surface area (Å²) < 4.78 is 37.3. The fourth-order valence-corrected chi connectivity index (χ4v) is 2.55. The normalized spacial score (nSPS) is 20.5. The molecule has 0 fully saturated rings. The molecule has 0 saturated heterocycles. The van der Waals surface area contributed by atoms with E-state index in [-0.39, 0.29) is 6.42 Å². The van der Waals surface area contributed by atoms with Crippen molar-refractivity contribution in [3.8, 4) is 0 Å². The Kier molecular flexibility index (Phi) is 3.38. The molecule has 0 amide bonds. The zero-order chi connectivity index (χ0) is 12.5. The van der Waals surface area contributed by atoms with Crippen molar-refractivity contribution in [3.05, 3.63) is 34.3 Å². The molecule has 0 saturated carbocycles. The highest BCUT2D eigenvalue weighted by Crippen LogP contribution is 2.35. The molecule has 1 nitrogen and oxygen atoms in total. The Morgan fingerprint density at radius 2 is 2.24 bits per heavy atom. The van der Waals surface area contributed by atoms with Crippen LogP contribution >= 0.6 is 11.3 Å². The van der Waals surface area contributed by atoms with E-state index in [0.29, 0.717) is 0 Å². The first-order valence-electron chi connectivity index (χ1n) is 5.40. The topological polar surface area (TPSA) is 12.9 Å². The van der Waals surface area contributed by atoms with Crippen LogP contribution in [0.4, 0.5) is 13.2 Å². The number of hydrogen-bond acceptors (Lipinski definition) is 2. The summed E-state index contributed by atoms with van der Waals surface area (Å²) in [5.74, 6) is -1.35. The van der Waals surface area contributed by atoms with E-state index >= 15 is 0 Å². The fourth-order valence-electron chi connectivity index (χ4n) is 1.62. The average Bonchev–Trinajstić information content (AvgIpc) is 2.76. The minimum Gasteiger partial charge on any atom is -0.241 e. The van der Waals surface area contributed by atoms with Crippen LogP contribution in [0.3, 0.4) is 0 Å². The maximum Gasteiger partial charge on any atom is 0.395 e. The molecule has 1 aliphatic rings. The van der Waals surface area contributed by atoms with E-state index in [9.17, 15) is 13.2 Å². The lowest BCUT2D eigenvalue weighted by Crippen LogP contribution is -2.21. The smallest absolute Gasteiger partial charge is 0.241 e. The Morgan fingerprint density at radius 3 is 2.71 bits per heavy atom. The van der Waals surface area contributed by atoms with Gasteiger partial charge in [0.1, 0.15) is 5.01 Å². The minimum atomic E-state index is -4.14. The third-order valence-electron chi connectivity index (χ3n) is 2.68. The number of rotatable bonds is 2. The van der Waals surface area contributed by atoms with E-state index < -0.39 is 12.1 Å². The molecule has 92 valence electrons. The second-order valence-corrected chi connectivity index (χ2v) is 4.76. The van der Waals surface area contributed by atoms with E-state index in [4.69, 9.17) is 0 Å². The van der Waals surface area contributed by atoms with Gasteiger partial charge in [0.2, 0.25) is 0 Å². The van der Waals surface area contributed by atoms with Crippen LogP contribution < -0.4 is 0 Å².